The van der Waals surface area contributed by atoms with Crippen molar-refractivity contribution < 1.29 is 14.3 Å². The number of hydrogen-bond donors (Lipinski definition) is 1. The molecule has 2 aliphatic heterocycles. The summed E-state index contributed by atoms with van der Waals surface area (Å²) in [5, 5.41) is 3.42. The van der Waals surface area contributed by atoms with Gasteiger partial charge in [-0.1, -0.05) is 18.5 Å². The maximum atomic E-state index is 12.6. The van der Waals surface area contributed by atoms with Crippen molar-refractivity contribution in [3.05, 3.63) is 22.8 Å². The van der Waals surface area contributed by atoms with E-state index in [9.17, 15) is 9.59 Å². The Bertz CT molecular complexity index is 679. The number of piperidine rings is 1. The first kappa shape index (κ1) is 19.9. The highest BCUT2D eigenvalue weighted by molar-refractivity contribution is 6.33. The Balaban J connectivity index is 1.67. The van der Waals surface area contributed by atoms with Gasteiger partial charge in [0.25, 0.3) is 5.91 Å². The van der Waals surface area contributed by atoms with E-state index in [0.717, 1.165) is 25.8 Å². The van der Waals surface area contributed by atoms with E-state index in [0.29, 0.717) is 55.8 Å². The number of nitrogens with zero attached hydrogens (tertiary/aromatic N) is 3. The van der Waals surface area contributed by atoms with Crippen LogP contribution in [0.25, 0.3) is 0 Å². The van der Waals surface area contributed by atoms with Gasteiger partial charge in [0, 0.05) is 38.9 Å². The summed E-state index contributed by atoms with van der Waals surface area (Å²) < 4.78 is 5.29. The molecule has 1 aromatic heterocycles. The predicted octanol–water partition coefficient (Wildman–Crippen LogP) is 1.95. The van der Waals surface area contributed by atoms with Gasteiger partial charge < -0.3 is 19.9 Å². The van der Waals surface area contributed by atoms with Crippen LogP contribution in [-0.2, 0) is 9.53 Å². The Kier molecular flexibility index (Phi) is 6.90. The van der Waals surface area contributed by atoms with Crippen LogP contribution in [0.15, 0.2) is 12.3 Å². The third-order valence-electron chi connectivity index (χ3n) is 5.01. The molecule has 27 heavy (non-hydrogen) atoms. The van der Waals surface area contributed by atoms with Crippen molar-refractivity contribution in [1.82, 2.24) is 15.2 Å². The Hall–Kier alpha value is -1.86. The lowest BCUT2D eigenvalue weighted by atomic mass is 9.97. The molecule has 2 aliphatic rings. The van der Waals surface area contributed by atoms with Crippen molar-refractivity contribution in [3.63, 3.8) is 0 Å². The summed E-state index contributed by atoms with van der Waals surface area (Å²) in [5.74, 6) is 0.604. The van der Waals surface area contributed by atoms with Gasteiger partial charge in [0.2, 0.25) is 5.91 Å². The number of pyridine rings is 1. The van der Waals surface area contributed by atoms with E-state index in [2.05, 4.69) is 10.3 Å². The van der Waals surface area contributed by atoms with E-state index in [1.54, 1.807) is 17.2 Å². The summed E-state index contributed by atoms with van der Waals surface area (Å²) in [4.78, 5) is 33.1. The van der Waals surface area contributed by atoms with Crippen molar-refractivity contribution in [2.75, 3.05) is 50.8 Å². The molecule has 2 saturated heterocycles. The van der Waals surface area contributed by atoms with E-state index < -0.39 is 0 Å². The Morgan fingerprint density at radius 3 is 2.81 bits per heavy atom. The lowest BCUT2D eigenvalue weighted by Crippen LogP contribution is -2.43. The molecule has 0 aromatic carbocycles. The second-order valence-corrected chi connectivity index (χ2v) is 7.42. The number of morpholine rings is 1. The first-order chi connectivity index (χ1) is 13.1. The molecule has 0 spiro atoms. The summed E-state index contributed by atoms with van der Waals surface area (Å²) in [5.41, 5.74) is 0.486. The molecule has 2 fully saturated rings. The molecule has 3 rings (SSSR count). The summed E-state index contributed by atoms with van der Waals surface area (Å²) in [6.07, 6.45) is 4.29. The molecule has 1 N–H and O–H groups in total. The lowest BCUT2D eigenvalue weighted by Gasteiger charge is -2.33. The average molecular weight is 395 g/mol. The predicted molar refractivity (Wildman–Crippen MR) is 104 cm³/mol. The Morgan fingerprint density at radius 1 is 1.33 bits per heavy atom. The molecule has 1 atom stereocenters. The van der Waals surface area contributed by atoms with Crippen LogP contribution in [-0.4, -0.2) is 67.6 Å². The monoisotopic (exact) mass is 394 g/mol. The van der Waals surface area contributed by atoms with Crippen LogP contribution in [0.1, 0.15) is 36.5 Å². The van der Waals surface area contributed by atoms with Crippen LogP contribution < -0.4 is 10.2 Å². The molecular formula is C19H27ClN4O3. The van der Waals surface area contributed by atoms with Crippen LogP contribution in [0.2, 0.25) is 5.02 Å². The zero-order chi connectivity index (χ0) is 19.2. The van der Waals surface area contributed by atoms with Crippen molar-refractivity contribution in [2.45, 2.75) is 26.2 Å². The summed E-state index contributed by atoms with van der Waals surface area (Å²) in [7, 11) is 0. The average Bonchev–Trinajstić information content (AvgIpc) is 2.72. The highest BCUT2D eigenvalue weighted by Gasteiger charge is 2.28. The van der Waals surface area contributed by atoms with E-state index in [4.69, 9.17) is 16.3 Å². The number of amides is 2. The lowest BCUT2D eigenvalue weighted by molar-refractivity contribution is -0.125. The van der Waals surface area contributed by atoms with Crippen molar-refractivity contribution in [1.29, 1.82) is 0 Å². The minimum atomic E-state index is -0.0743. The molecule has 0 bridgehead atoms. The van der Waals surface area contributed by atoms with Crippen LogP contribution in [0.3, 0.4) is 0 Å². The van der Waals surface area contributed by atoms with Crippen LogP contribution in [0, 0.1) is 5.92 Å². The third-order valence-corrected chi connectivity index (χ3v) is 5.29. The second-order valence-electron chi connectivity index (χ2n) is 7.01. The molecule has 148 valence electrons. The third kappa shape index (κ3) is 4.90. The number of anilines is 1. The van der Waals surface area contributed by atoms with E-state index >= 15 is 0 Å². The molecule has 0 saturated carbocycles. The zero-order valence-electron chi connectivity index (χ0n) is 15.7. The number of nitrogens with one attached hydrogen (secondary N) is 1. The molecule has 8 heteroatoms. The summed E-state index contributed by atoms with van der Waals surface area (Å²) in [6, 6.07) is 1.68. The minimum Gasteiger partial charge on any atom is -0.378 e. The SMILES string of the molecule is CCCNC(=O)C1CCCN(c2ncc(C(=O)N3CCOCC3)cc2Cl)C1. The number of rotatable bonds is 5. The largest absolute Gasteiger partial charge is 0.378 e. The standard InChI is InChI=1S/C19H27ClN4O3/c1-2-5-21-18(25)14-4-3-6-24(13-14)17-16(20)11-15(12-22-17)19(26)23-7-9-27-10-8-23/h11-12,14H,2-10,13H2,1H3,(H,21,25). The van der Waals surface area contributed by atoms with E-state index in [1.807, 2.05) is 11.8 Å². The number of halogens is 1. The molecule has 2 amide bonds. The van der Waals surface area contributed by atoms with Gasteiger partial charge in [0.15, 0.2) is 0 Å². The first-order valence-electron chi connectivity index (χ1n) is 9.65. The number of carbonyl (C=O) groups excluding carboxylic acids is 2. The topological polar surface area (TPSA) is 74.8 Å². The number of carbonyl (C=O) groups is 2. The first-order valence-corrected chi connectivity index (χ1v) is 10.0. The smallest absolute Gasteiger partial charge is 0.255 e. The second kappa shape index (κ2) is 9.37. The summed E-state index contributed by atoms with van der Waals surface area (Å²) in [6.45, 7) is 6.42. The molecule has 3 heterocycles. The van der Waals surface area contributed by atoms with Gasteiger partial charge >= 0.3 is 0 Å². The van der Waals surface area contributed by atoms with Gasteiger partial charge in [-0.2, -0.15) is 0 Å². The number of hydrogen-bond acceptors (Lipinski definition) is 5. The summed E-state index contributed by atoms with van der Waals surface area (Å²) >= 11 is 6.46. The molecule has 0 aliphatic carbocycles. The molecule has 7 nitrogen and oxygen atoms in total. The van der Waals surface area contributed by atoms with Crippen LogP contribution in [0.5, 0.6) is 0 Å². The fourth-order valence-corrected chi connectivity index (χ4v) is 3.79. The van der Waals surface area contributed by atoms with Gasteiger partial charge in [-0.15, -0.1) is 0 Å². The highest BCUT2D eigenvalue weighted by Crippen LogP contribution is 2.29. The maximum Gasteiger partial charge on any atom is 0.255 e. The van der Waals surface area contributed by atoms with Crippen molar-refractivity contribution >= 4 is 29.2 Å². The van der Waals surface area contributed by atoms with E-state index in [1.165, 1.54) is 0 Å². The number of aromatic nitrogens is 1. The normalized spacial score (nSPS) is 20.4. The Labute approximate surface area is 165 Å². The maximum absolute atomic E-state index is 12.6. The van der Waals surface area contributed by atoms with Gasteiger partial charge in [0.1, 0.15) is 5.82 Å². The van der Waals surface area contributed by atoms with Crippen molar-refractivity contribution in [3.8, 4) is 0 Å². The quantitative estimate of drug-likeness (QED) is 0.826. The highest BCUT2D eigenvalue weighted by atomic mass is 35.5. The fraction of sp³-hybridized carbons (Fsp3) is 0.632. The molecule has 0 radical (unpaired) electrons. The zero-order valence-corrected chi connectivity index (χ0v) is 16.5. The molecular weight excluding hydrogens is 368 g/mol. The van der Waals surface area contributed by atoms with Gasteiger partial charge in [-0.3, -0.25) is 9.59 Å². The molecule has 1 aromatic rings. The minimum absolute atomic E-state index is 0.0576. The molecule has 1 unspecified atom stereocenters. The van der Waals surface area contributed by atoms with Crippen LogP contribution >= 0.6 is 11.6 Å². The number of ether oxygens (including phenoxy) is 1. The Morgan fingerprint density at radius 2 is 2.11 bits per heavy atom. The van der Waals surface area contributed by atoms with Crippen molar-refractivity contribution in [2.24, 2.45) is 5.92 Å². The van der Waals surface area contributed by atoms with Gasteiger partial charge in [-0.25, -0.2) is 4.98 Å². The van der Waals surface area contributed by atoms with E-state index in [-0.39, 0.29) is 17.7 Å². The fourth-order valence-electron chi connectivity index (χ4n) is 3.51. The van der Waals surface area contributed by atoms with Gasteiger partial charge in [-0.05, 0) is 25.3 Å². The van der Waals surface area contributed by atoms with Gasteiger partial charge in [0.05, 0.1) is 29.7 Å². The van der Waals surface area contributed by atoms with Crippen LogP contribution in [0.4, 0.5) is 5.82 Å².